The van der Waals surface area contributed by atoms with Gasteiger partial charge >= 0.3 is 12.3 Å². The SMILES string of the molecule is O=C(Nc1ccc(C(F)(F)F)cc1)O[C@H]1C[NH+]2CCC1CC2. The van der Waals surface area contributed by atoms with Crippen molar-refractivity contribution in [2.75, 3.05) is 25.0 Å². The van der Waals surface area contributed by atoms with Crippen LogP contribution in [-0.2, 0) is 10.9 Å². The molecule has 0 aromatic heterocycles. The highest BCUT2D eigenvalue weighted by Crippen LogP contribution is 2.30. The Labute approximate surface area is 126 Å². The van der Waals surface area contributed by atoms with Crippen LogP contribution < -0.4 is 10.2 Å². The van der Waals surface area contributed by atoms with Gasteiger partial charge in [-0.05, 0) is 24.3 Å². The molecule has 0 spiro atoms. The van der Waals surface area contributed by atoms with Crippen LogP contribution in [0.1, 0.15) is 18.4 Å². The number of carbonyl (C=O) groups is 1. The Kier molecular flexibility index (Phi) is 3.99. The number of carbonyl (C=O) groups excluding carboxylic acids is 1. The van der Waals surface area contributed by atoms with Gasteiger partial charge in [-0.1, -0.05) is 0 Å². The van der Waals surface area contributed by atoms with Gasteiger partial charge in [0.2, 0.25) is 0 Å². The number of amides is 1. The van der Waals surface area contributed by atoms with Gasteiger partial charge in [-0.3, -0.25) is 5.32 Å². The maximum absolute atomic E-state index is 12.5. The second-order valence-corrected chi connectivity index (χ2v) is 5.94. The van der Waals surface area contributed by atoms with Crippen molar-refractivity contribution >= 4 is 11.8 Å². The predicted octanol–water partition coefficient (Wildman–Crippen LogP) is 1.93. The molecule has 3 aliphatic heterocycles. The Morgan fingerprint density at radius 2 is 1.82 bits per heavy atom. The minimum absolute atomic E-state index is 0.0908. The number of hydrogen-bond donors (Lipinski definition) is 2. The van der Waals surface area contributed by atoms with Gasteiger partial charge < -0.3 is 9.64 Å². The third kappa shape index (κ3) is 3.35. The molecule has 2 N–H and O–H groups in total. The van der Waals surface area contributed by atoms with Crippen LogP contribution >= 0.6 is 0 Å². The second-order valence-electron chi connectivity index (χ2n) is 5.94. The number of piperidine rings is 3. The summed E-state index contributed by atoms with van der Waals surface area (Å²) in [6.07, 6.45) is -2.94. The fraction of sp³-hybridized carbons (Fsp3) is 0.533. The average Bonchev–Trinajstić information content (AvgIpc) is 2.48. The van der Waals surface area contributed by atoms with E-state index in [-0.39, 0.29) is 6.10 Å². The summed E-state index contributed by atoms with van der Waals surface area (Å²) in [4.78, 5) is 13.3. The highest BCUT2D eigenvalue weighted by atomic mass is 19.4. The van der Waals surface area contributed by atoms with Gasteiger partial charge in [0.15, 0.2) is 6.10 Å². The number of fused-ring (bicyclic) bond motifs is 3. The quantitative estimate of drug-likeness (QED) is 0.876. The zero-order valence-corrected chi connectivity index (χ0v) is 12.0. The summed E-state index contributed by atoms with van der Waals surface area (Å²) in [5.41, 5.74) is -0.445. The molecule has 1 aromatic rings. The summed E-state index contributed by atoms with van der Waals surface area (Å²) in [6, 6.07) is 4.33. The van der Waals surface area contributed by atoms with E-state index in [0.717, 1.165) is 44.6 Å². The van der Waals surface area contributed by atoms with Crippen molar-refractivity contribution in [3.05, 3.63) is 29.8 Å². The van der Waals surface area contributed by atoms with Gasteiger partial charge in [-0.15, -0.1) is 0 Å². The summed E-state index contributed by atoms with van der Waals surface area (Å²) < 4.78 is 42.8. The summed E-state index contributed by atoms with van der Waals surface area (Å²) >= 11 is 0. The van der Waals surface area contributed by atoms with Gasteiger partial charge in [-0.25, -0.2) is 4.79 Å². The van der Waals surface area contributed by atoms with Crippen molar-refractivity contribution < 1.29 is 27.6 Å². The zero-order chi connectivity index (χ0) is 15.7. The van der Waals surface area contributed by atoms with Crippen LogP contribution in [0, 0.1) is 5.92 Å². The van der Waals surface area contributed by atoms with E-state index in [1.807, 2.05) is 0 Å². The first-order chi connectivity index (χ1) is 10.4. The van der Waals surface area contributed by atoms with E-state index in [2.05, 4.69) is 5.32 Å². The molecule has 120 valence electrons. The Bertz CT molecular complexity index is 537. The van der Waals surface area contributed by atoms with Crippen molar-refractivity contribution in [1.29, 1.82) is 0 Å². The van der Waals surface area contributed by atoms with E-state index in [1.54, 1.807) is 0 Å². The van der Waals surface area contributed by atoms with E-state index >= 15 is 0 Å². The normalized spacial score (nSPS) is 27.5. The van der Waals surface area contributed by atoms with Gasteiger partial charge in [0.1, 0.15) is 6.54 Å². The van der Waals surface area contributed by atoms with Crippen molar-refractivity contribution in [3.8, 4) is 0 Å². The first-order valence-electron chi connectivity index (χ1n) is 7.40. The van der Waals surface area contributed by atoms with Crippen LogP contribution in [0.15, 0.2) is 24.3 Å². The van der Waals surface area contributed by atoms with E-state index in [1.165, 1.54) is 17.0 Å². The molecule has 3 aliphatic rings. The van der Waals surface area contributed by atoms with Crippen LogP contribution in [0.3, 0.4) is 0 Å². The molecule has 0 radical (unpaired) electrons. The smallest absolute Gasteiger partial charge is 0.416 e. The Morgan fingerprint density at radius 3 is 2.32 bits per heavy atom. The molecule has 3 saturated heterocycles. The number of ether oxygens (including phenoxy) is 1. The molecule has 4 nitrogen and oxygen atoms in total. The van der Waals surface area contributed by atoms with Gasteiger partial charge in [-0.2, -0.15) is 13.2 Å². The highest BCUT2D eigenvalue weighted by molar-refractivity contribution is 5.84. The molecule has 1 amide bonds. The maximum Gasteiger partial charge on any atom is 0.416 e. The zero-order valence-electron chi connectivity index (χ0n) is 12.0. The van der Waals surface area contributed by atoms with Crippen LogP contribution in [0.25, 0.3) is 0 Å². The van der Waals surface area contributed by atoms with E-state index in [4.69, 9.17) is 4.74 Å². The number of rotatable bonds is 2. The van der Waals surface area contributed by atoms with Gasteiger partial charge in [0.05, 0.1) is 18.7 Å². The largest absolute Gasteiger partial charge is 0.440 e. The molecule has 1 atom stereocenters. The molecule has 22 heavy (non-hydrogen) atoms. The predicted molar refractivity (Wildman–Crippen MR) is 73.6 cm³/mol. The molecule has 2 bridgehead atoms. The van der Waals surface area contributed by atoms with Crippen molar-refractivity contribution in [2.24, 2.45) is 5.92 Å². The fourth-order valence-corrected chi connectivity index (χ4v) is 3.24. The van der Waals surface area contributed by atoms with Crippen molar-refractivity contribution in [2.45, 2.75) is 25.1 Å². The molecule has 0 unspecified atom stereocenters. The van der Waals surface area contributed by atoms with Crippen LogP contribution in [0.4, 0.5) is 23.7 Å². The maximum atomic E-state index is 12.5. The summed E-state index contributed by atoms with van der Waals surface area (Å²) in [5, 5.41) is 2.49. The second kappa shape index (κ2) is 5.79. The number of hydrogen-bond acceptors (Lipinski definition) is 2. The third-order valence-electron chi connectivity index (χ3n) is 4.47. The fourth-order valence-electron chi connectivity index (χ4n) is 3.24. The van der Waals surface area contributed by atoms with Crippen LogP contribution in [-0.4, -0.2) is 31.8 Å². The molecule has 0 aliphatic carbocycles. The Balaban J connectivity index is 1.55. The molecular formula is C15H18F3N2O2+. The third-order valence-corrected chi connectivity index (χ3v) is 4.47. The Morgan fingerprint density at radius 1 is 1.18 bits per heavy atom. The number of anilines is 1. The minimum atomic E-state index is -4.38. The lowest BCUT2D eigenvalue weighted by Crippen LogP contribution is -3.16. The molecule has 4 rings (SSSR count). The molecule has 1 aromatic carbocycles. The first kappa shape index (κ1) is 15.1. The average molecular weight is 315 g/mol. The lowest BCUT2D eigenvalue weighted by Gasteiger charge is -2.40. The van der Waals surface area contributed by atoms with Crippen molar-refractivity contribution in [3.63, 3.8) is 0 Å². The molecule has 3 heterocycles. The van der Waals surface area contributed by atoms with E-state index < -0.39 is 17.8 Å². The first-order valence-corrected chi connectivity index (χ1v) is 7.40. The van der Waals surface area contributed by atoms with E-state index in [9.17, 15) is 18.0 Å². The summed E-state index contributed by atoms with van der Waals surface area (Å²) in [5.74, 6) is 0.413. The number of quaternary nitrogens is 1. The molecule has 3 fully saturated rings. The topological polar surface area (TPSA) is 42.8 Å². The Hall–Kier alpha value is -1.76. The molecule has 0 saturated carbocycles. The van der Waals surface area contributed by atoms with Crippen molar-refractivity contribution in [1.82, 2.24) is 0 Å². The van der Waals surface area contributed by atoms with E-state index in [0.29, 0.717) is 11.6 Å². The van der Waals surface area contributed by atoms with Crippen LogP contribution in [0.2, 0.25) is 0 Å². The standard InChI is InChI=1S/C15H17F3N2O2/c16-15(17,18)11-1-3-12(4-2-11)19-14(21)22-13-9-20-7-5-10(13)6-8-20/h1-4,10,13H,5-9H2,(H,19,21)/p+1/t13-/m0/s1. The van der Waals surface area contributed by atoms with Crippen LogP contribution in [0.5, 0.6) is 0 Å². The number of alkyl halides is 3. The lowest BCUT2D eigenvalue weighted by atomic mass is 9.86. The number of benzene rings is 1. The van der Waals surface area contributed by atoms with Gasteiger partial charge in [0.25, 0.3) is 0 Å². The number of nitrogens with one attached hydrogen (secondary N) is 2. The minimum Gasteiger partial charge on any atom is -0.440 e. The molecular weight excluding hydrogens is 297 g/mol. The highest BCUT2D eigenvalue weighted by Gasteiger charge is 2.39. The summed E-state index contributed by atoms with van der Waals surface area (Å²) in [6.45, 7) is 3.08. The summed E-state index contributed by atoms with van der Waals surface area (Å²) in [7, 11) is 0. The van der Waals surface area contributed by atoms with Gasteiger partial charge in [0, 0.05) is 24.4 Å². The number of halogens is 3. The molecule has 7 heteroatoms. The lowest BCUT2D eigenvalue weighted by molar-refractivity contribution is -0.920. The monoisotopic (exact) mass is 315 g/mol.